The van der Waals surface area contributed by atoms with Crippen molar-refractivity contribution in [1.82, 2.24) is 0 Å². The fraction of sp³-hybridized carbons (Fsp3) is 0.333. The molecule has 8 nitrogen and oxygen atoms in total. The highest BCUT2D eigenvalue weighted by molar-refractivity contribution is 5.94. The number of hydrogen-bond donors (Lipinski definition) is 1. The highest BCUT2D eigenvalue weighted by atomic mass is 16.6. The normalized spacial score (nSPS) is 11.5. The fourth-order valence-corrected chi connectivity index (χ4v) is 1.65. The number of carbonyl (C=O) groups excluding carboxylic acids is 1. The standard InChI is InChI=1S/C12H13NO7/c1-19-10-4-3-7(6-9(10)13(17)18)5-8(11(14)15)12(16)20-2/h3-4,6,8H,5H2,1-2H3,(H,14,15). The Morgan fingerprint density at radius 2 is 2.05 bits per heavy atom. The van der Waals surface area contributed by atoms with E-state index in [1.165, 1.54) is 25.3 Å². The zero-order valence-electron chi connectivity index (χ0n) is 10.9. The van der Waals surface area contributed by atoms with E-state index in [1.807, 2.05) is 0 Å². The van der Waals surface area contributed by atoms with Gasteiger partial charge in [-0.15, -0.1) is 0 Å². The number of rotatable bonds is 6. The van der Waals surface area contributed by atoms with Crippen molar-refractivity contribution in [2.45, 2.75) is 6.42 Å². The number of nitrogens with zero attached hydrogens (tertiary/aromatic N) is 1. The van der Waals surface area contributed by atoms with Crippen LogP contribution in [0.25, 0.3) is 0 Å². The molecule has 0 bridgehead atoms. The van der Waals surface area contributed by atoms with Crippen LogP contribution in [0.5, 0.6) is 5.75 Å². The van der Waals surface area contributed by atoms with E-state index in [4.69, 9.17) is 9.84 Å². The summed E-state index contributed by atoms with van der Waals surface area (Å²) in [6.45, 7) is 0. The maximum Gasteiger partial charge on any atom is 0.320 e. The quantitative estimate of drug-likeness (QED) is 0.358. The Balaban J connectivity index is 3.08. The lowest BCUT2D eigenvalue weighted by Crippen LogP contribution is -2.27. The van der Waals surface area contributed by atoms with Crippen molar-refractivity contribution in [2.75, 3.05) is 14.2 Å². The van der Waals surface area contributed by atoms with Crippen molar-refractivity contribution in [1.29, 1.82) is 0 Å². The van der Waals surface area contributed by atoms with Crippen LogP contribution in [0.1, 0.15) is 5.56 Å². The molecule has 0 spiro atoms. The van der Waals surface area contributed by atoms with Crippen molar-refractivity contribution >= 4 is 17.6 Å². The van der Waals surface area contributed by atoms with E-state index in [0.717, 1.165) is 7.11 Å². The second-order valence-corrected chi connectivity index (χ2v) is 3.88. The first-order chi connectivity index (χ1) is 9.40. The third-order valence-electron chi connectivity index (χ3n) is 2.66. The molecule has 0 aliphatic carbocycles. The van der Waals surface area contributed by atoms with Crippen LogP contribution in [0.15, 0.2) is 18.2 Å². The first-order valence-corrected chi connectivity index (χ1v) is 5.52. The molecule has 1 aromatic carbocycles. The molecule has 0 aliphatic rings. The van der Waals surface area contributed by atoms with Crippen LogP contribution >= 0.6 is 0 Å². The third kappa shape index (κ3) is 3.44. The number of esters is 1. The monoisotopic (exact) mass is 283 g/mol. The minimum atomic E-state index is -1.41. The molecule has 1 N–H and O–H groups in total. The lowest BCUT2D eigenvalue weighted by Gasteiger charge is -2.10. The predicted octanol–water partition coefficient (Wildman–Crippen LogP) is 1.02. The van der Waals surface area contributed by atoms with Crippen LogP contribution in [0.4, 0.5) is 5.69 Å². The first kappa shape index (κ1) is 15.4. The van der Waals surface area contributed by atoms with Gasteiger partial charge in [0.05, 0.1) is 19.1 Å². The lowest BCUT2D eigenvalue weighted by molar-refractivity contribution is -0.385. The van der Waals surface area contributed by atoms with Gasteiger partial charge in [0.2, 0.25) is 0 Å². The van der Waals surface area contributed by atoms with Gasteiger partial charge in [-0.25, -0.2) is 0 Å². The molecular formula is C12H13NO7. The Morgan fingerprint density at radius 3 is 2.50 bits per heavy atom. The number of carboxylic acid groups (broad SMARTS) is 1. The molecule has 0 fully saturated rings. The van der Waals surface area contributed by atoms with Crippen molar-refractivity contribution in [2.24, 2.45) is 5.92 Å². The van der Waals surface area contributed by atoms with Crippen molar-refractivity contribution < 1.29 is 29.1 Å². The molecule has 0 aliphatic heterocycles. The van der Waals surface area contributed by atoms with E-state index in [2.05, 4.69) is 4.74 Å². The van der Waals surface area contributed by atoms with Crippen LogP contribution in [0, 0.1) is 16.0 Å². The number of nitro benzene ring substituents is 1. The van der Waals surface area contributed by atoms with Crippen molar-refractivity contribution in [3.63, 3.8) is 0 Å². The molecule has 1 atom stereocenters. The third-order valence-corrected chi connectivity index (χ3v) is 2.66. The van der Waals surface area contributed by atoms with Gasteiger partial charge in [-0.2, -0.15) is 0 Å². The van der Waals surface area contributed by atoms with Gasteiger partial charge in [-0.3, -0.25) is 19.7 Å². The number of methoxy groups -OCH3 is 2. The highest BCUT2D eigenvalue weighted by Gasteiger charge is 2.28. The van der Waals surface area contributed by atoms with Crippen LogP contribution in [0.3, 0.4) is 0 Å². The summed E-state index contributed by atoms with van der Waals surface area (Å²) in [5.74, 6) is -3.61. The Labute approximate surface area is 114 Å². The minimum absolute atomic E-state index is 0.0590. The van der Waals surface area contributed by atoms with Gasteiger partial charge >= 0.3 is 17.6 Å². The molecule has 0 saturated carbocycles. The number of nitro groups is 1. The Kier molecular flexibility index (Phi) is 5.01. The van der Waals surface area contributed by atoms with Crippen molar-refractivity contribution in [3.05, 3.63) is 33.9 Å². The van der Waals surface area contributed by atoms with Gasteiger partial charge in [-0.1, -0.05) is 6.07 Å². The highest BCUT2D eigenvalue weighted by Crippen LogP contribution is 2.28. The molecule has 1 rings (SSSR count). The molecule has 0 aromatic heterocycles. The Bertz CT molecular complexity index is 541. The molecule has 0 radical (unpaired) electrons. The van der Waals surface area contributed by atoms with E-state index in [9.17, 15) is 19.7 Å². The molecule has 20 heavy (non-hydrogen) atoms. The van der Waals surface area contributed by atoms with Crippen LogP contribution in [-0.4, -0.2) is 36.2 Å². The summed E-state index contributed by atoms with van der Waals surface area (Å²) >= 11 is 0. The van der Waals surface area contributed by atoms with Gasteiger partial charge in [0.1, 0.15) is 0 Å². The van der Waals surface area contributed by atoms with Gasteiger partial charge < -0.3 is 14.6 Å². The zero-order valence-corrected chi connectivity index (χ0v) is 10.9. The number of hydrogen-bond acceptors (Lipinski definition) is 6. The summed E-state index contributed by atoms with van der Waals surface area (Å²) in [5.41, 5.74) is 0.0364. The molecule has 0 heterocycles. The molecule has 1 unspecified atom stereocenters. The SMILES string of the molecule is COC(=O)C(Cc1ccc(OC)c([N+](=O)[O-])c1)C(=O)O. The maximum atomic E-state index is 11.3. The van der Waals surface area contributed by atoms with Gasteiger partial charge in [-0.05, 0) is 18.1 Å². The summed E-state index contributed by atoms with van der Waals surface area (Å²) in [4.78, 5) is 32.5. The van der Waals surface area contributed by atoms with E-state index in [1.54, 1.807) is 0 Å². The summed E-state index contributed by atoms with van der Waals surface area (Å²) in [5, 5.41) is 19.8. The van der Waals surface area contributed by atoms with Crippen molar-refractivity contribution in [3.8, 4) is 5.75 Å². The molecule has 0 saturated heterocycles. The number of ether oxygens (including phenoxy) is 2. The van der Waals surface area contributed by atoms with Crippen LogP contribution in [0.2, 0.25) is 0 Å². The Hall–Kier alpha value is -2.64. The maximum absolute atomic E-state index is 11.3. The smallest absolute Gasteiger partial charge is 0.320 e. The van der Waals surface area contributed by atoms with E-state index >= 15 is 0 Å². The number of aliphatic carboxylic acids is 1. The summed E-state index contributed by atoms with van der Waals surface area (Å²) < 4.78 is 9.22. The number of benzene rings is 1. The molecule has 1 aromatic rings. The zero-order chi connectivity index (χ0) is 15.3. The van der Waals surface area contributed by atoms with E-state index in [-0.39, 0.29) is 17.9 Å². The van der Waals surface area contributed by atoms with Gasteiger partial charge in [0.25, 0.3) is 0 Å². The van der Waals surface area contributed by atoms with E-state index < -0.39 is 22.8 Å². The topological polar surface area (TPSA) is 116 Å². The summed E-state index contributed by atoms with van der Waals surface area (Å²) in [6.07, 6.45) is -0.202. The van der Waals surface area contributed by atoms with E-state index in [0.29, 0.717) is 5.56 Å². The fourth-order valence-electron chi connectivity index (χ4n) is 1.65. The lowest BCUT2D eigenvalue weighted by atomic mass is 9.99. The largest absolute Gasteiger partial charge is 0.490 e. The molecule has 108 valence electrons. The van der Waals surface area contributed by atoms with Gasteiger partial charge in [0, 0.05) is 6.07 Å². The summed E-state index contributed by atoms with van der Waals surface area (Å²) in [6, 6.07) is 3.99. The number of carboxylic acids is 1. The second-order valence-electron chi connectivity index (χ2n) is 3.88. The second kappa shape index (κ2) is 6.50. The molecular weight excluding hydrogens is 270 g/mol. The summed E-state index contributed by atoms with van der Waals surface area (Å²) in [7, 11) is 2.37. The first-order valence-electron chi connectivity index (χ1n) is 5.52. The minimum Gasteiger partial charge on any atom is -0.490 e. The molecule has 0 amide bonds. The average molecular weight is 283 g/mol. The average Bonchev–Trinajstić information content (AvgIpc) is 2.43. The predicted molar refractivity (Wildman–Crippen MR) is 66.5 cm³/mol. The molecule has 8 heteroatoms. The number of carbonyl (C=O) groups is 2. The van der Waals surface area contributed by atoms with Crippen LogP contribution in [-0.2, 0) is 20.7 Å². The Morgan fingerprint density at radius 1 is 1.40 bits per heavy atom. The van der Waals surface area contributed by atoms with Crippen LogP contribution < -0.4 is 4.74 Å². The van der Waals surface area contributed by atoms with Gasteiger partial charge in [0.15, 0.2) is 11.7 Å².